The molecular formula is C19H32O4Si4. The summed E-state index contributed by atoms with van der Waals surface area (Å²) in [4.78, 5) is 10.2. The minimum Gasteiger partial charge on any atom is -0.429 e. The second-order valence-electron chi connectivity index (χ2n) is 8.32. The molecule has 0 aliphatic rings. The fourth-order valence-corrected chi connectivity index (χ4v) is 21.0. The molecule has 0 amide bonds. The van der Waals surface area contributed by atoms with E-state index in [0.717, 1.165) is 0 Å². The summed E-state index contributed by atoms with van der Waals surface area (Å²) in [5.41, 5.74) is 0. The predicted molar refractivity (Wildman–Crippen MR) is 122 cm³/mol. The van der Waals surface area contributed by atoms with E-state index in [0.29, 0.717) is 0 Å². The van der Waals surface area contributed by atoms with Crippen molar-refractivity contribution in [3.8, 4) is 0 Å². The molecule has 2 aromatic rings. The molecule has 27 heavy (non-hydrogen) atoms. The number of benzene rings is 2. The van der Waals surface area contributed by atoms with Crippen molar-refractivity contribution >= 4 is 44.4 Å². The first kappa shape index (κ1) is 22.4. The van der Waals surface area contributed by atoms with E-state index in [-0.39, 0.29) is 0 Å². The Labute approximate surface area is 168 Å². The van der Waals surface area contributed by atoms with E-state index in [4.69, 9.17) is 12.3 Å². The molecule has 0 atom stereocenters. The zero-order valence-electron chi connectivity index (χ0n) is 17.4. The van der Waals surface area contributed by atoms with Gasteiger partial charge in [-0.15, -0.1) is 0 Å². The standard InChI is InChI=1S/C19H32O4Si4/c1-24(2,20)21-25(3,4)22-26(5,6)23-27(7,18-14-10-8-11-15-18)19-16-12-9-13-17-19/h8-17,20H,1-7H3. The lowest BCUT2D eigenvalue weighted by atomic mass is 10.4. The van der Waals surface area contributed by atoms with Crippen molar-refractivity contribution < 1.29 is 17.1 Å². The average Bonchev–Trinajstić information content (AvgIpc) is 2.52. The van der Waals surface area contributed by atoms with Crippen LogP contribution >= 0.6 is 0 Å². The summed E-state index contributed by atoms with van der Waals surface area (Å²) >= 11 is 0. The highest BCUT2D eigenvalue weighted by Crippen LogP contribution is 2.23. The first-order valence-electron chi connectivity index (χ1n) is 9.27. The largest absolute Gasteiger partial charge is 0.429 e. The minimum absolute atomic E-state index is 1.22. The van der Waals surface area contributed by atoms with Gasteiger partial charge in [-0.1, -0.05) is 60.7 Å². The predicted octanol–water partition coefficient (Wildman–Crippen LogP) is 3.52. The lowest BCUT2D eigenvalue weighted by Gasteiger charge is -2.41. The molecule has 0 aliphatic carbocycles. The summed E-state index contributed by atoms with van der Waals surface area (Å²) in [6.07, 6.45) is 0. The van der Waals surface area contributed by atoms with Gasteiger partial charge in [0.2, 0.25) is 8.32 Å². The Hall–Kier alpha value is -0.852. The highest BCUT2D eigenvalue weighted by molar-refractivity contribution is 7.01. The van der Waals surface area contributed by atoms with Crippen LogP contribution in [0.3, 0.4) is 0 Å². The maximum Gasteiger partial charge on any atom is 0.320 e. The molecule has 0 bridgehead atoms. The normalized spacial score (nSPS) is 13.6. The lowest BCUT2D eigenvalue weighted by molar-refractivity contribution is 0.298. The summed E-state index contributed by atoms with van der Waals surface area (Å²) in [6, 6.07) is 20.9. The highest BCUT2D eigenvalue weighted by Gasteiger charge is 2.46. The third-order valence-corrected chi connectivity index (χ3v) is 18.5. The van der Waals surface area contributed by atoms with Crippen LogP contribution in [0.5, 0.6) is 0 Å². The van der Waals surface area contributed by atoms with Crippen LogP contribution < -0.4 is 10.4 Å². The molecule has 2 aromatic carbocycles. The van der Waals surface area contributed by atoms with Gasteiger partial charge in [0.1, 0.15) is 0 Å². The Morgan fingerprint density at radius 1 is 0.556 bits per heavy atom. The van der Waals surface area contributed by atoms with Gasteiger partial charge in [0.15, 0.2) is 0 Å². The fourth-order valence-electron chi connectivity index (χ4n) is 3.52. The first-order valence-corrected chi connectivity index (χ1v) is 20.2. The maximum atomic E-state index is 10.2. The molecule has 148 valence electrons. The summed E-state index contributed by atoms with van der Waals surface area (Å²) < 4.78 is 19.3. The summed E-state index contributed by atoms with van der Waals surface area (Å²) in [7, 11) is -10.1. The van der Waals surface area contributed by atoms with Crippen LogP contribution in [0, 0.1) is 0 Å². The summed E-state index contributed by atoms with van der Waals surface area (Å²) in [6.45, 7) is 13.9. The van der Waals surface area contributed by atoms with Crippen LogP contribution in [-0.2, 0) is 12.3 Å². The quantitative estimate of drug-likeness (QED) is 0.643. The topological polar surface area (TPSA) is 47.9 Å². The zero-order valence-corrected chi connectivity index (χ0v) is 21.4. The lowest BCUT2D eigenvalue weighted by Crippen LogP contribution is -2.65. The Morgan fingerprint density at radius 2 is 0.926 bits per heavy atom. The van der Waals surface area contributed by atoms with Crippen molar-refractivity contribution in [3.63, 3.8) is 0 Å². The molecule has 4 nitrogen and oxygen atoms in total. The molecule has 0 saturated heterocycles. The van der Waals surface area contributed by atoms with E-state index >= 15 is 0 Å². The van der Waals surface area contributed by atoms with Crippen LogP contribution in [0.15, 0.2) is 60.7 Å². The average molecular weight is 437 g/mol. The minimum atomic E-state index is -2.66. The molecular weight excluding hydrogens is 405 g/mol. The van der Waals surface area contributed by atoms with Gasteiger partial charge in [0.25, 0.3) is 0 Å². The van der Waals surface area contributed by atoms with E-state index in [2.05, 4.69) is 68.2 Å². The molecule has 8 heteroatoms. The van der Waals surface area contributed by atoms with Gasteiger partial charge in [0, 0.05) is 0 Å². The van der Waals surface area contributed by atoms with Gasteiger partial charge in [-0.3, -0.25) is 0 Å². The van der Waals surface area contributed by atoms with Crippen molar-refractivity contribution in [1.82, 2.24) is 0 Å². The Bertz CT molecular complexity index is 691. The van der Waals surface area contributed by atoms with Gasteiger partial charge in [-0.2, -0.15) is 0 Å². The summed E-state index contributed by atoms with van der Waals surface area (Å²) in [5.74, 6) is 0. The molecule has 0 fully saturated rings. The third-order valence-electron chi connectivity index (χ3n) is 4.09. The molecule has 0 aromatic heterocycles. The van der Waals surface area contributed by atoms with E-state index in [1.54, 1.807) is 13.1 Å². The van der Waals surface area contributed by atoms with Crippen LogP contribution in [0.1, 0.15) is 0 Å². The second kappa shape index (κ2) is 8.25. The number of rotatable bonds is 8. The van der Waals surface area contributed by atoms with Crippen LogP contribution in [0.4, 0.5) is 0 Å². The van der Waals surface area contributed by atoms with E-state index in [1.807, 2.05) is 25.2 Å². The van der Waals surface area contributed by atoms with E-state index in [1.165, 1.54) is 10.4 Å². The molecule has 2 rings (SSSR count). The van der Waals surface area contributed by atoms with Gasteiger partial charge in [-0.25, -0.2) is 0 Å². The van der Waals surface area contributed by atoms with Gasteiger partial charge in [0.05, 0.1) is 0 Å². The smallest absolute Gasteiger partial charge is 0.320 e. The first-order chi connectivity index (χ1) is 12.3. The van der Waals surface area contributed by atoms with Crippen molar-refractivity contribution in [2.45, 2.75) is 45.8 Å². The van der Waals surface area contributed by atoms with Crippen molar-refractivity contribution in [3.05, 3.63) is 60.7 Å². The molecule has 0 saturated carbocycles. The Morgan fingerprint density at radius 3 is 1.30 bits per heavy atom. The Kier molecular flexibility index (Phi) is 6.86. The zero-order chi connectivity index (χ0) is 20.3. The fraction of sp³-hybridized carbons (Fsp3) is 0.368. The van der Waals surface area contributed by atoms with Crippen molar-refractivity contribution in [2.75, 3.05) is 0 Å². The highest BCUT2D eigenvalue weighted by atomic mass is 28.5. The Balaban J connectivity index is 2.35. The molecule has 0 spiro atoms. The van der Waals surface area contributed by atoms with Crippen LogP contribution in [0.25, 0.3) is 0 Å². The molecule has 1 N–H and O–H groups in total. The molecule has 0 unspecified atom stereocenters. The summed E-state index contributed by atoms with van der Waals surface area (Å²) in [5, 5.41) is 2.44. The van der Waals surface area contributed by atoms with Crippen LogP contribution in [0.2, 0.25) is 45.8 Å². The van der Waals surface area contributed by atoms with Crippen molar-refractivity contribution in [2.24, 2.45) is 0 Å². The molecule has 0 radical (unpaired) electrons. The third kappa shape index (κ3) is 6.61. The van der Waals surface area contributed by atoms with Gasteiger partial charge < -0.3 is 17.1 Å². The molecule has 0 heterocycles. The number of hydrogen-bond donors (Lipinski definition) is 1. The van der Waals surface area contributed by atoms with E-state index < -0.39 is 34.0 Å². The van der Waals surface area contributed by atoms with Gasteiger partial charge in [-0.05, 0) is 56.2 Å². The van der Waals surface area contributed by atoms with Crippen molar-refractivity contribution in [1.29, 1.82) is 0 Å². The molecule has 0 aliphatic heterocycles. The number of hydrogen-bond acceptors (Lipinski definition) is 4. The maximum absolute atomic E-state index is 10.2. The SMILES string of the molecule is C[Si](C)(O)O[Si](C)(C)O[Si](C)(C)O[Si](C)(c1ccccc1)c1ccccc1. The van der Waals surface area contributed by atoms with E-state index in [9.17, 15) is 4.80 Å². The van der Waals surface area contributed by atoms with Gasteiger partial charge >= 0.3 is 25.7 Å². The monoisotopic (exact) mass is 436 g/mol. The van der Waals surface area contributed by atoms with Crippen LogP contribution in [-0.4, -0.2) is 38.8 Å². The second-order valence-corrected chi connectivity index (χ2v) is 22.5.